The van der Waals surface area contributed by atoms with E-state index in [0.717, 1.165) is 6.08 Å². The van der Waals surface area contributed by atoms with Crippen molar-refractivity contribution in [1.82, 2.24) is 0 Å². The quantitative estimate of drug-likeness (QED) is 0.524. The summed E-state index contributed by atoms with van der Waals surface area (Å²) in [6, 6.07) is 3.63. The smallest absolute Gasteiger partial charge is 0.278 e. The maximum atomic E-state index is 12.7. The third-order valence-corrected chi connectivity index (χ3v) is 2.79. The van der Waals surface area contributed by atoms with Crippen LogP contribution >= 0.6 is 12.2 Å². The van der Waals surface area contributed by atoms with Gasteiger partial charge in [-0.1, -0.05) is 12.2 Å². The lowest BCUT2D eigenvalue weighted by Crippen LogP contribution is -2.28. The topological polar surface area (TPSA) is 78.4 Å². The zero-order chi connectivity index (χ0) is 14.2. The van der Waals surface area contributed by atoms with Crippen molar-refractivity contribution in [3.05, 3.63) is 40.0 Å². The van der Waals surface area contributed by atoms with Crippen molar-refractivity contribution in [2.75, 3.05) is 0 Å². The van der Waals surface area contributed by atoms with Crippen molar-refractivity contribution < 1.29 is 18.4 Å². The second-order valence-electron chi connectivity index (χ2n) is 3.80. The molecule has 0 aliphatic carbocycles. The predicted molar refractivity (Wildman–Crippen MR) is 68.3 cm³/mol. The van der Waals surface area contributed by atoms with E-state index >= 15 is 0 Å². The van der Waals surface area contributed by atoms with E-state index in [4.69, 9.17) is 22.7 Å². The van der Waals surface area contributed by atoms with Crippen LogP contribution in [0.2, 0.25) is 0 Å². The van der Waals surface area contributed by atoms with E-state index in [2.05, 4.69) is 0 Å². The van der Waals surface area contributed by atoms with Crippen molar-refractivity contribution in [2.45, 2.75) is 12.5 Å². The monoisotopic (exact) mass is 286 g/mol. The van der Waals surface area contributed by atoms with E-state index in [0.29, 0.717) is 0 Å². The van der Waals surface area contributed by atoms with Gasteiger partial charge in [0.2, 0.25) is 0 Å². The van der Waals surface area contributed by atoms with Gasteiger partial charge in [-0.15, -0.1) is 0 Å². The Morgan fingerprint density at radius 1 is 1.53 bits per heavy atom. The molecule has 1 aliphatic rings. The second-order valence-corrected chi connectivity index (χ2v) is 4.24. The van der Waals surface area contributed by atoms with Gasteiger partial charge >= 0.3 is 0 Å². The molecule has 5 nitrogen and oxygen atoms in total. The Morgan fingerprint density at radius 3 is 2.74 bits per heavy atom. The summed E-state index contributed by atoms with van der Waals surface area (Å²) in [4.78, 5) is 9.98. The first-order valence-corrected chi connectivity index (χ1v) is 5.56. The zero-order valence-electron chi connectivity index (χ0n) is 9.38. The fourth-order valence-electron chi connectivity index (χ4n) is 1.72. The van der Waals surface area contributed by atoms with E-state index < -0.39 is 17.5 Å². The Hall–Kier alpha value is -2.09. The molecule has 8 heteroatoms. The van der Waals surface area contributed by atoms with Gasteiger partial charge in [-0.05, 0) is 12.1 Å². The molecule has 0 saturated heterocycles. The minimum absolute atomic E-state index is 0.0983. The van der Waals surface area contributed by atoms with Crippen molar-refractivity contribution in [3.63, 3.8) is 0 Å². The van der Waals surface area contributed by atoms with Crippen molar-refractivity contribution in [1.29, 1.82) is 0 Å². The summed E-state index contributed by atoms with van der Waals surface area (Å²) in [5.74, 6) is 0.0983. The average molecular weight is 286 g/mol. The molecule has 1 aromatic carbocycles. The normalized spacial score (nSPS) is 17.4. The number of hydrogen-bond donors (Lipinski definition) is 1. The summed E-state index contributed by atoms with van der Waals surface area (Å²) < 4.78 is 30.4. The van der Waals surface area contributed by atoms with Crippen molar-refractivity contribution in [3.8, 4) is 5.75 Å². The molecule has 2 N–H and O–H groups in total. The summed E-state index contributed by atoms with van der Waals surface area (Å²) >= 11 is 4.78. The highest BCUT2D eigenvalue weighted by Gasteiger charge is 2.29. The molecular weight excluding hydrogens is 278 g/mol. The lowest BCUT2D eigenvalue weighted by atomic mass is 9.99. The number of ether oxygens (including phenoxy) is 1. The number of alkyl halides is 2. The van der Waals surface area contributed by atoms with Crippen LogP contribution in [-0.4, -0.2) is 22.4 Å². The first-order chi connectivity index (χ1) is 8.90. The molecule has 19 heavy (non-hydrogen) atoms. The molecule has 0 amide bonds. The van der Waals surface area contributed by atoms with Crippen LogP contribution in [0.5, 0.6) is 5.75 Å². The summed E-state index contributed by atoms with van der Waals surface area (Å²) in [7, 11) is 0. The predicted octanol–water partition coefficient (Wildman–Crippen LogP) is 2.29. The lowest BCUT2D eigenvalue weighted by Gasteiger charge is -2.24. The summed E-state index contributed by atoms with van der Waals surface area (Å²) in [6.45, 7) is 0. The first-order valence-electron chi connectivity index (χ1n) is 5.15. The maximum absolute atomic E-state index is 12.7. The van der Waals surface area contributed by atoms with Crippen LogP contribution in [-0.2, 0) is 0 Å². The highest BCUT2D eigenvalue weighted by molar-refractivity contribution is 7.81. The molecule has 1 atom stereocenters. The molecule has 0 fully saturated rings. The summed E-state index contributed by atoms with van der Waals surface area (Å²) in [5, 5.41) is 10.7. The SMILES string of the molecule is NC(=S)C1=CC(C(F)F)Oc2ccc([N+](=O)[O-])cc21. The van der Waals surface area contributed by atoms with Gasteiger partial charge in [-0.2, -0.15) is 0 Å². The minimum atomic E-state index is -2.74. The number of nitrogens with zero attached hydrogens (tertiary/aromatic N) is 1. The molecule has 2 rings (SSSR count). The molecule has 100 valence electrons. The number of halogens is 2. The number of fused-ring (bicyclic) bond motifs is 1. The van der Waals surface area contributed by atoms with Crippen molar-refractivity contribution in [2.24, 2.45) is 5.73 Å². The second kappa shape index (κ2) is 4.88. The highest BCUT2D eigenvalue weighted by atomic mass is 32.1. The summed E-state index contributed by atoms with van der Waals surface area (Å²) in [5.41, 5.74) is 5.68. The molecule has 0 radical (unpaired) electrons. The molecule has 0 saturated carbocycles. The number of non-ortho nitro benzene ring substituents is 1. The van der Waals surface area contributed by atoms with Crippen LogP contribution < -0.4 is 10.5 Å². The Bertz CT molecular complexity index is 589. The molecule has 0 bridgehead atoms. The van der Waals surface area contributed by atoms with Gasteiger partial charge in [0, 0.05) is 23.3 Å². The lowest BCUT2D eigenvalue weighted by molar-refractivity contribution is -0.384. The van der Waals surface area contributed by atoms with Crippen LogP contribution in [0, 0.1) is 10.1 Å². The molecule has 1 aliphatic heterocycles. The fourth-order valence-corrected chi connectivity index (χ4v) is 1.90. The van der Waals surface area contributed by atoms with Gasteiger partial charge < -0.3 is 10.5 Å². The van der Waals surface area contributed by atoms with Crippen LogP contribution in [0.3, 0.4) is 0 Å². The van der Waals surface area contributed by atoms with Crippen LogP contribution in [0.4, 0.5) is 14.5 Å². The van der Waals surface area contributed by atoms with Gasteiger partial charge in [0.25, 0.3) is 12.1 Å². The zero-order valence-corrected chi connectivity index (χ0v) is 10.2. The third kappa shape index (κ3) is 2.53. The molecule has 1 unspecified atom stereocenters. The number of benzene rings is 1. The molecule has 0 aromatic heterocycles. The fraction of sp³-hybridized carbons (Fsp3) is 0.182. The average Bonchev–Trinajstić information content (AvgIpc) is 2.36. The largest absolute Gasteiger partial charge is 0.480 e. The minimum Gasteiger partial charge on any atom is -0.480 e. The van der Waals surface area contributed by atoms with Crippen molar-refractivity contribution >= 4 is 28.5 Å². The Kier molecular flexibility index (Phi) is 3.43. The Balaban J connectivity index is 2.55. The van der Waals surface area contributed by atoms with Gasteiger partial charge in [0.1, 0.15) is 10.7 Å². The highest BCUT2D eigenvalue weighted by Crippen LogP contribution is 2.36. The molecule has 1 heterocycles. The molecule has 1 aromatic rings. The van der Waals surface area contributed by atoms with Gasteiger partial charge in [-0.25, -0.2) is 8.78 Å². The van der Waals surface area contributed by atoms with Crippen LogP contribution in [0.15, 0.2) is 24.3 Å². The molecular formula is C11H8F2N2O3S. The van der Waals surface area contributed by atoms with Gasteiger partial charge in [-0.3, -0.25) is 10.1 Å². The summed E-state index contributed by atoms with van der Waals surface area (Å²) in [6.07, 6.45) is -3.13. The van der Waals surface area contributed by atoms with E-state index in [1.54, 1.807) is 0 Å². The Morgan fingerprint density at radius 2 is 2.21 bits per heavy atom. The van der Waals surface area contributed by atoms with Crippen LogP contribution in [0.1, 0.15) is 5.56 Å². The number of rotatable bonds is 3. The van der Waals surface area contributed by atoms with E-state index in [9.17, 15) is 18.9 Å². The Labute approximate surface area is 111 Å². The van der Waals surface area contributed by atoms with Gasteiger partial charge in [0.05, 0.1) is 4.92 Å². The van der Waals surface area contributed by atoms with E-state index in [1.165, 1.54) is 18.2 Å². The number of nitro groups is 1. The van der Waals surface area contributed by atoms with Gasteiger partial charge in [0.15, 0.2) is 6.10 Å². The standard InChI is InChI=1S/C11H8F2N2O3S/c12-10(13)9-4-7(11(14)19)6-3-5(15(16)17)1-2-8(6)18-9/h1-4,9-10H,(H2,14,19). The van der Waals surface area contributed by atoms with E-state index in [1.807, 2.05) is 0 Å². The number of thiocarbonyl (C=S) groups is 1. The number of nitro benzene ring substituents is 1. The van der Waals surface area contributed by atoms with Crippen LogP contribution in [0.25, 0.3) is 5.57 Å². The number of hydrogen-bond acceptors (Lipinski definition) is 4. The number of nitrogens with two attached hydrogens (primary N) is 1. The third-order valence-electron chi connectivity index (χ3n) is 2.57. The van der Waals surface area contributed by atoms with E-state index in [-0.39, 0.29) is 27.6 Å². The maximum Gasteiger partial charge on any atom is 0.278 e. The molecule has 0 spiro atoms. The first kappa shape index (κ1) is 13.3.